The SMILES string of the molecule is CCNc1nc(N)c(C(=O)Nc2ccc(F)cc2C)s1. The Labute approximate surface area is 120 Å². The molecule has 2 rings (SSSR count). The standard InChI is InChI=1S/C13H15FN4OS/c1-3-16-13-18-11(15)10(20-13)12(19)17-9-5-4-8(14)6-7(9)2/h4-6H,3,15H2,1-2H3,(H,16,18)(H,17,19). The van der Waals surface area contributed by atoms with Gasteiger partial charge in [0, 0.05) is 12.2 Å². The predicted molar refractivity (Wildman–Crippen MR) is 79.8 cm³/mol. The maximum Gasteiger partial charge on any atom is 0.269 e. The average Bonchev–Trinajstić information content (AvgIpc) is 2.74. The molecule has 2 aromatic rings. The van der Waals surface area contributed by atoms with Crippen molar-refractivity contribution in [2.75, 3.05) is 22.9 Å². The van der Waals surface area contributed by atoms with E-state index < -0.39 is 0 Å². The van der Waals surface area contributed by atoms with E-state index in [1.807, 2.05) is 6.92 Å². The summed E-state index contributed by atoms with van der Waals surface area (Å²) in [6.07, 6.45) is 0. The number of hydrogen-bond acceptors (Lipinski definition) is 5. The number of nitrogens with zero attached hydrogens (tertiary/aromatic N) is 1. The largest absolute Gasteiger partial charge is 0.382 e. The van der Waals surface area contributed by atoms with E-state index >= 15 is 0 Å². The Morgan fingerprint density at radius 2 is 2.25 bits per heavy atom. The highest BCUT2D eigenvalue weighted by atomic mass is 32.1. The first-order chi connectivity index (χ1) is 9.51. The molecule has 0 unspecified atom stereocenters. The van der Waals surface area contributed by atoms with Crippen LogP contribution in [0.25, 0.3) is 0 Å². The van der Waals surface area contributed by atoms with Gasteiger partial charge in [0.05, 0.1) is 0 Å². The third-order valence-electron chi connectivity index (χ3n) is 2.62. The number of anilines is 3. The van der Waals surface area contributed by atoms with Crippen LogP contribution in [0.3, 0.4) is 0 Å². The summed E-state index contributed by atoms with van der Waals surface area (Å²) in [4.78, 5) is 16.5. The van der Waals surface area contributed by atoms with Gasteiger partial charge in [0.1, 0.15) is 16.5 Å². The van der Waals surface area contributed by atoms with Crippen LogP contribution in [-0.2, 0) is 0 Å². The molecule has 4 N–H and O–H groups in total. The predicted octanol–water partition coefficient (Wildman–Crippen LogP) is 2.86. The Hall–Kier alpha value is -2.15. The highest BCUT2D eigenvalue weighted by Crippen LogP contribution is 2.26. The van der Waals surface area contributed by atoms with Gasteiger partial charge in [-0.25, -0.2) is 9.37 Å². The molecule has 5 nitrogen and oxygen atoms in total. The molecule has 1 heterocycles. The molecule has 0 aliphatic carbocycles. The molecule has 1 aromatic carbocycles. The Morgan fingerprint density at radius 3 is 2.90 bits per heavy atom. The summed E-state index contributed by atoms with van der Waals surface area (Å²) in [6.45, 7) is 4.35. The van der Waals surface area contributed by atoms with Crippen molar-refractivity contribution in [2.24, 2.45) is 0 Å². The lowest BCUT2D eigenvalue weighted by Crippen LogP contribution is -2.13. The first-order valence-electron chi connectivity index (χ1n) is 6.09. The molecule has 1 amide bonds. The lowest BCUT2D eigenvalue weighted by Gasteiger charge is -2.07. The topological polar surface area (TPSA) is 80.0 Å². The third-order valence-corrected chi connectivity index (χ3v) is 3.65. The van der Waals surface area contributed by atoms with Crippen molar-refractivity contribution in [2.45, 2.75) is 13.8 Å². The van der Waals surface area contributed by atoms with E-state index in [2.05, 4.69) is 15.6 Å². The lowest BCUT2D eigenvalue weighted by atomic mass is 10.2. The van der Waals surface area contributed by atoms with Crippen LogP contribution in [0, 0.1) is 12.7 Å². The highest BCUT2D eigenvalue weighted by molar-refractivity contribution is 7.18. The fourth-order valence-corrected chi connectivity index (χ4v) is 2.52. The van der Waals surface area contributed by atoms with Gasteiger partial charge in [-0.1, -0.05) is 11.3 Å². The maximum absolute atomic E-state index is 13.0. The first-order valence-corrected chi connectivity index (χ1v) is 6.90. The van der Waals surface area contributed by atoms with Crippen molar-refractivity contribution in [1.82, 2.24) is 4.98 Å². The Morgan fingerprint density at radius 1 is 1.50 bits per heavy atom. The summed E-state index contributed by atoms with van der Waals surface area (Å²) >= 11 is 1.19. The summed E-state index contributed by atoms with van der Waals surface area (Å²) in [5, 5.41) is 6.31. The van der Waals surface area contributed by atoms with Crippen molar-refractivity contribution >= 4 is 33.9 Å². The van der Waals surface area contributed by atoms with Crippen molar-refractivity contribution < 1.29 is 9.18 Å². The van der Waals surface area contributed by atoms with E-state index in [4.69, 9.17) is 5.73 Å². The molecular formula is C13H15FN4OS. The van der Waals surface area contributed by atoms with Gasteiger partial charge in [0.2, 0.25) is 0 Å². The van der Waals surface area contributed by atoms with Gasteiger partial charge in [-0.3, -0.25) is 4.79 Å². The molecular weight excluding hydrogens is 279 g/mol. The minimum Gasteiger partial charge on any atom is -0.382 e. The minimum atomic E-state index is -0.348. The molecule has 0 saturated heterocycles. The van der Waals surface area contributed by atoms with Crippen LogP contribution in [-0.4, -0.2) is 17.4 Å². The molecule has 0 atom stereocenters. The molecule has 0 radical (unpaired) electrons. The number of aromatic nitrogens is 1. The smallest absolute Gasteiger partial charge is 0.269 e. The van der Waals surface area contributed by atoms with Crippen molar-refractivity contribution in [3.8, 4) is 0 Å². The number of amides is 1. The Balaban J connectivity index is 2.19. The van der Waals surface area contributed by atoms with E-state index in [-0.39, 0.29) is 17.5 Å². The van der Waals surface area contributed by atoms with E-state index in [9.17, 15) is 9.18 Å². The maximum atomic E-state index is 13.0. The lowest BCUT2D eigenvalue weighted by molar-refractivity contribution is 0.103. The summed E-state index contributed by atoms with van der Waals surface area (Å²) < 4.78 is 13.0. The van der Waals surface area contributed by atoms with Crippen molar-refractivity contribution in [3.63, 3.8) is 0 Å². The zero-order valence-electron chi connectivity index (χ0n) is 11.2. The van der Waals surface area contributed by atoms with Crippen LogP contribution in [0.5, 0.6) is 0 Å². The minimum absolute atomic E-state index is 0.184. The summed E-state index contributed by atoms with van der Waals surface area (Å²) in [6, 6.07) is 4.17. The summed E-state index contributed by atoms with van der Waals surface area (Å²) in [5.74, 6) is -0.505. The van der Waals surface area contributed by atoms with E-state index in [0.717, 1.165) is 0 Å². The fourth-order valence-electron chi connectivity index (χ4n) is 1.67. The quantitative estimate of drug-likeness (QED) is 0.810. The molecule has 0 spiro atoms. The fraction of sp³-hybridized carbons (Fsp3) is 0.231. The molecule has 106 valence electrons. The Kier molecular flexibility index (Phi) is 4.19. The normalized spacial score (nSPS) is 10.3. The molecule has 1 aromatic heterocycles. The van der Waals surface area contributed by atoms with E-state index in [0.29, 0.717) is 27.8 Å². The van der Waals surface area contributed by atoms with E-state index in [1.165, 1.54) is 29.5 Å². The second kappa shape index (κ2) is 5.87. The van der Waals surface area contributed by atoms with Gasteiger partial charge in [-0.05, 0) is 37.6 Å². The second-order valence-corrected chi connectivity index (χ2v) is 5.18. The van der Waals surface area contributed by atoms with Crippen LogP contribution in [0.1, 0.15) is 22.2 Å². The average molecular weight is 294 g/mol. The number of nitrogens with two attached hydrogens (primary N) is 1. The monoisotopic (exact) mass is 294 g/mol. The zero-order valence-corrected chi connectivity index (χ0v) is 12.0. The number of nitrogen functional groups attached to an aromatic ring is 1. The van der Waals surface area contributed by atoms with Gasteiger partial charge < -0.3 is 16.4 Å². The van der Waals surface area contributed by atoms with E-state index in [1.54, 1.807) is 6.92 Å². The first kappa shape index (κ1) is 14.3. The Bertz CT molecular complexity index is 641. The number of benzene rings is 1. The molecule has 7 heteroatoms. The van der Waals surface area contributed by atoms with Crippen LogP contribution in [0.2, 0.25) is 0 Å². The van der Waals surface area contributed by atoms with Crippen LogP contribution in [0.4, 0.5) is 21.0 Å². The number of thiazole rings is 1. The van der Waals surface area contributed by atoms with Gasteiger partial charge in [0.15, 0.2) is 5.13 Å². The van der Waals surface area contributed by atoms with Crippen LogP contribution < -0.4 is 16.4 Å². The molecule has 0 aliphatic heterocycles. The van der Waals surface area contributed by atoms with Gasteiger partial charge in [-0.2, -0.15) is 0 Å². The van der Waals surface area contributed by atoms with Crippen LogP contribution >= 0.6 is 11.3 Å². The van der Waals surface area contributed by atoms with Gasteiger partial charge >= 0.3 is 0 Å². The van der Waals surface area contributed by atoms with Crippen molar-refractivity contribution in [1.29, 1.82) is 0 Å². The molecule has 0 saturated carbocycles. The van der Waals surface area contributed by atoms with Crippen LogP contribution in [0.15, 0.2) is 18.2 Å². The van der Waals surface area contributed by atoms with Gasteiger partial charge in [-0.15, -0.1) is 0 Å². The number of carbonyl (C=O) groups excluding carboxylic acids is 1. The van der Waals surface area contributed by atoms with Crippen molar-refractivity contribution in [3.05, 3.63) is 34.5 Å². The summed E-state index contributed by atoms with van der Waals surface area (Å²) in [7, 11) is 0. The molecule has 0 bridgehead atoms. The molecule has 0 fully saturated rings. The second-order valence-electron chi connectivity index (χ2n) is 4.18. The number of rotatable bonds is 4. The number of carbonyl (C=O) groups is 1. The van der Waals surface area contributed by atoms with Gasteiger partial charge in [0.25, 0.3) is 5.91 Å². The third kappa shape index (κ3) is 3.05. The molecule has 20 heavy (non-hydrogen) atoms. The number of nitrogens with one attached hydrogen (secondary N) is 2. The number of aryl methyl sites for hydroxylation is 1. The molecule has 0 aliphatic rings. The highest BCUT2D eigenvalue weighted by Gasteiger charge is 2.16. The zero-order chi connectivity index (χ0) is 14.7. The number of halogens is 1. The summed E-state index contributed by atoms with van der Waals surface area (Å²) in [5.41, 5.74) is 6.92. The number of hydrogen-bond donors (Lipinski definition) is 3.